The molecular formula is C18H13F2N5O2. The molecule has 0 spiro atoms. The van der Waals surface area contributed by atoms with Gasteiger partial charge in [-0.25, -0.2) is 27.6 Å². The van der Waals surface area contributed by atoms with E-state index in [2.05, 4.69) is 15.4 Å². The van der Waals surface area contributed by atoms with E-state index in [1.54, 1.807) is 0 Å². The first-order valence-electron chi connectivity index (χ1n) is 8.02. The minimum Gasteiger partial charge on any atom is -0.322 e. The van der Waals surface area contributed by atoms with Gasteiger partial charge in [-0.1, -0.05) is 11.6 Å². The van der Waals surface area contributed by atoms with Crippen LogP contribution in [0.1, 0.15) is 5.56 Å². The molecule has 0 unspecified atom stereocenters. The minimum atomic E-state index is -0.906. The smallest absolute Gasteiger partial charge is 0.322 e. The molecule has 0 radical (unpaired) electrons. The Kier molecular flexibility index (Phi) is 3.91. The van der Waals surface area contributed by atoms with Gasteiger partial charge in [0, 0.05) is 11.5 Å². The average Bonchev–Trinajstić information content (AvgIpc) is 2.94. The number of anilines is 1. The lowest BCUT2D eigenvalue weighted by molar-refractivity contribution is -0.117. The van der Waals surface area contributed by atoms with E-state index < -0.39 is 29.8 Å². The maximum absolute atomic E-state index is 13.7. The number of benzene rings is 2. The highest BCUT2D eigenvalue weighted by molar-refractivity contribution is 5.92. The first-order valence-corrected chi connectivity index (χ1v) is 8.02. The summed E-state index contributed by atoms with van der Waals surface area (Å²) in [5.74, 6) is -2.33. The highest BCUT2D eigenvalue weighted by atomic mass is 19.1. The van der Waals surface area contributed by atoms with E-state index in [0.29, 0.717) is 22.6 Å². The molecule has 0 aliphatic rings. The molecule has 1 N–H and O–H groups in total. The molecular weight excluding hydrogens is 356 g/mol. The van der Waals surface area contributed by atoms with Crippen molar-refractivity contribution in [2.24, 2.45) is 0 Å². The van der Waals surface area contributed by atoms with Gasteiger partial charge in [0.05, 0.1) is 11.2 Å². The van der Waals surface area contributed by atoms with E-state index in [-0.39, 0.29) is 5.69 Å². The molecule has 2 aromatic heterocycles. The van der Waals surface area contributed by atoms with Crippen LogP contribution in [0.15, 0.2) is 47.5 Å². The maximum Gasteiger partial charge on any atom is 0.352 e. The summed E-state index contributed by atoms with van der Waals surface area (Å²) in [7, 11) is 0. The molecule has 0 fully saturated rings. The molecule has 0 atom stereocenters. The molecule has 7 nitrogen and oxygen atoms in total. The van der Waals surface area contributed by atoms with Crippen LogP contribution in [0.2, 0.25) is 0 Å². The third-order valence-electron chi connectivity index (χ3n) is 4.07. The van der Waals surface area contributed by atoms with Gasteiger partial charge in [-0.15, -0.1) is 5.10 Å². The number of aryl methyl sites for hydroxylation is 1. The quantitative estimate of drug-likeness (QED) is 0.601. The van der Waals surface area contributed by atoms with Gasteiger partial charge in [0.2, 0.25) is 5.91 Å². The van der Waals surface area contributed by atoms with Crippen LogP contribution in [0.5, 0.6) is 0 Å². The third-order valence-corrected chi connectivity index (χ3v) is 4.07. The summed E-state index contributed by atoms with van der Waals surface area (Å²) in [4.78, 5) is 28.9. The van der Waals surface area contributed by atoms with Crippen molar-refractivity contribution in [1.29, 1.82) is 0 Å². The van der Waals surface area contributed by atoms with Gasteiger partial charge in [0.25, 0.3) is 0 Å². The minimum absolute atomic E-state index is 0.180. The summed E-state index contributed by atoms with van der Waals surface area (Å²) in [6.45, 7) is 1.48. The number of carbonyl (C=O) groups is 1. The van der Waals surface area contributed by atoms with Crippen molar-refractivity contribution in [3.05, 3.63) is 70.4 Å². The standard InChI is InChI=1S/C18H13F2N5O2/c1-10-2-4-14-12(6-10)17-23-25(18(27)24(17)9-21-14)8-16(26)22-15-5-3-11(19)7-13(15)20/h2-7,9H,8H2,1H3,(H,22,26). The number of hydrogen-bond donors (Lipinski definition) is 1. The molecule has 1 amide bonds. The number of fused-ring (bicyclic) bond motifs is 3. The maximum atomic E-state index is 13.7. The zero-order valence-corrected chi connectivity index (χ0v) is 14.1. The number of amides is 1. The predicted molar refractivity (Wildman–Crippen MR) is 94.5 cm³/mol. The van der Waals surface area contributed by atoms with Gasteiger partial charge in [0.1, 0.15) is 24.5 Å². The van der Waals surface area contributed by atoms with E-state index >= 15 is 0 Å². The zero-order valence-electron chi connectivity index (χ0n) is 14.1. The second-order valence-corrected chi connectivity index (χ2v) is 6.07. The van der Waals surface area contributed by atoms with Crippen molar-refractivity contribution in [3.8, 4) is 0 Å². The van der Waals surface area contributed by atoms with Crippen LogP contribution >= 0.6 is 0 Å². The van der Waals surface area contributed by atoms with Gasteiger partial charge in [0.15, 0.2) is 5.65 Å². The van der Waals surface area contributed by atoms with E-state index in [4.69, 9.17) is 0 Å². The topological polar surface area (TPSA) is 81.3 Å². The lowest BCUT2D eigenvalue weighted by Gasteiger charge is -2.05. The third kappa shape index (κ3) is 3.03. The second-order valence-electron chi connectivity index (χ2n) is 6.07. The van der Waals surface area contributed by atoms with E-state index in [1.165, 1.54) is 10.7 Å². The Morgan fingerprint density at radius 3 is 2.78 bits per heavy atom. The van der Waals surface area contributed by atoms with E-state index in [1.807, 2.05) is 25.1 Å². The Bertz CT molecular complexity index is 1260. The summed E-state index contributed by atoms with van der Waals surface area (Å²) in [6.07, 6.45) is 1.34. The Balaban J connectivity index is 1.68. The summed E-state index contributed by atoms with van der Waals surface area (Å²) in [5, 5.41) is 7.19. The number of aromatic nitrogens is 4. The molecule has 0 aliphatic heterocycles. The molecule has 4 rings (SSSR count). The first-order chi connectivity index (χ1) is 12.9. The molecule has 136 valence electrons. The fourth-order valence-corrected chi connectivity index (χ4v) is 2.79. The molecule has 0 saturated carbocycles. The Hall–Kier alpha value is -3.62. The number of halogens is 2. The number of hydrogen-bond acceptors (Lipinski definition) is 4. The molecule has 9 heteroatoms. The van der Waals surface area contributed by atoms with Crippen molar-refractivity contribution in [1.82, 2.24) is 19.2 Å². The summed E-state index contributed by atoms with van der Waals surface area (Å²) in [6, 6.07) is 8.35. The summed E-state index contributed by atoms with van der Waals surface area (Å²) < 4.78 is 28.8. The van der Waals surface area contributed by atoms with Crippen LogP contribution in [0.4, 0.5) is 14.5 Å². The Labute approximate surface area is 150 Å². The highest BCUT2D eigenvalue weighted by Crippen LogP contribution is 2.17. The van der Waals surface area contributed by atoms with Crippen LogP contribution in [0, 0.1) is 18.6 Å². The van der Waals surface area contributed by atoms with Gasteiger partial charge in [-0.3, -0.25) is 4.79 Å². The van der Waals surface area contributed by atoms with E-state index in [9.17, 15) is 18.4 Å². The molecule has 0 bridgehead atoms. The SMILES string of the molecule is Cc1ccc2ncn3c(=O)n(CC(=O)Nc4ccc(F)cc4F)nc3c2c1. The predicted octanol–water partition coefficient (Wildman–Crippen LogP) is 2.27. The van der Waals surface area contributed by atoms with Crippen LogP contribution in [-0.4, -0.2) is 25.1 Å². The van der Waals surface area contributed by atoms with Crippen LogP contribution in [0.3, 0.4) is 0 Å². The van der Waals surface area contributed by atoms with Gasteiger partial charge in [-0.05, 0) is 31.2 Å². The fraction of sp³-hybridized carbons (Fsp3) is 0.111. The van der Waals surface area contributed by atoms with Crippen molar-refractivity contribution in [2.45, 2.75) is 13.5 Å². The Morgan fingerprint density at radius 2 is 2.00 bits per heavy atom. The number of nitrogens with zero attached hydrogens (tertiary/aromatic N) is 4. The van der Waals surface area contributed by atoms with Crippen molar-refractivity contribution >= 4 is 28.1 Å². The monoisotopic (exact) mass is 369 g/mol. The molecule has 2 heterocycles. The molecule has 0 aliphatic carbocycles. The fourth-order valence-electron chi connectivity index (χ4n) is 2.79. The molecule has 0 saturated heterocycles. The lowest BCUT2D eigenvalue weighted by Crippen LogP contribution is -2.28. The normalized spacial score (nSPS) is 11.2. The zero-order chi connectivity index (χ0) is 19.1. The number of rotatable bonds is 3. The molecule has 2 aromatic carbocycles. The van der Waals surface area contributed by atoms with Crippen LogP contribution in [0.25, 0.3) is 16.6 Å². The first kappa shape index (κ1) is 16.8. The number of nitrogens with one attached hydrogen (secondary N) is 1. The number of carbonyl (C=O) groups excluding carboxylic acids is 1. The lowest BCUT2D eigenvalue weighted by atomic mass is 10.2. The van der Waals surface area contributed by atoms with Crippen molar-refractivity contribution in [3.63, 3.8) is 0 Å². The summed E-state index contributed by atoms with van der Waals surface area (Å²) >= 11 is 0. The molecule has 27 heavy (non-hydrogen) atoms. The second kappa shape index (κ2) is 6.27. The van der Waals surface area contributed by atoms with Crippen molar-refractivity contribution < 1.29 is 13.6 Å². The van der Waals surface area contributed by atoms with Gasteiger partial charge < -0.3 is 5.32 Å². The van der Waals surface area contributed by atoms with Crippen LogP contribution < -0.4 is 11.0 Å². The van der Waals surface area contributed by atoms with E-state index in [0.717, 1.165) is 22.4 Å². The molecule has 4 aromatic rings. The summed E-state index contributed by atoms with van der Waals surface area (Å²) in [5.41, 5.74) is 1.29. The largest absolute Gasteiger partial charge is 0.352 e. The Morgan fingerprint density at radius 1 is 1.19 bits per heavy atom. The highest BCUT2D eigenvalue weighted by Gasteiger charge is 2.15. The average molecular weight is 369 g/mol. The van der Waals surface area contributed by atoms with Crippen molar-refractivity contribution in [2.75, 3.05) is 5.32 Å². The van der Waals surface area contributed by atoms with Gasteiger partial charge >= 0.3 is 5.69 Å². The van der Waals surface area contributed by atoms with Gasteiger partial charge in [-0.2, -0.15) is 0 Å². The van der Waals surface area contributed by atoms with Crippen LogP contribution in [-0.2, 0) is 11.3 Å².